The van der Waals surface area contributed by atoms with Crippen LogP contribution in [0, 0.1) is 0 Å². The Morgan fingerprint density at radius 2 is 1.73 bits per heavy atom. The van der Waals surface area contributed by atoms with Crippen molar-refractivity contribution in [2.75, 3.05) is 6.61 Å². The third-order valence-electron chi connectivity index (χ3n) is 3.54. The van der Waals surface area contributed by atoms with Gasteiger partial charge in [0.2, 0.25) is 0 Å². The second-order valence-electron chi connectivity index (χ2n) is 5.42. The highest BCUT2D eigenvalue weighted by Gasteiger charge is 2.22. The minimum absolute atomic E-state index is 0.373. The van der Waals surface area contributed by atoms with E-state index >= 15 is 0 Å². The lowest BCUT2D eigenvalue weighted by Gasteiger charge is -2.09. The maximum absolute atomic E-state index is 12.2. The molecule has 0 unspecified atom stereocenters. The van der Waals surface area contributed by atoms with Gasteiger partial charge in [0.25, 0.3) is 0 Å². The molecule has 0 bridgehead atoms. The lowest BCUT2D eigenvalue weighted by Crippen LogP contribution is -1.98. The van der Waals surface area contributed by atoms with E-state index < -0.39 is 0 Å². The molecule has 0 radical (unpaired) electrons. The van der Waals surface area contributed by atoms with Crippen molar-refractivity contribution in [2.45, 2.75) is 0 Å². The summed E-state index contributed by atoms with van der Waals surface area (Å²) in [6, 6.07) is 11.4. The normalized spacial score (nSPS) is 15.0. The number of ether oxygens (including phenoxy) is 2. The summed E-state index contributed by atoms with van der Waals surface area (Å²) in [5.74, 6) is 0.854. The van der Waals surface area contributed by atoms with Gasteiger partial charge >= 0.3 is 5.97 Å². The number of hydrogen-bond donors (Lipinski definition) is 0. The van der Waals surface area contributed by atoms with Crippen molar-refractivity contribution in [1.29, 1.82) is 0 Å². The zero-order valence-corrected chi connectivity index (χ0v) is 18.2. The van der Waals surface area contributed by atoms with Crippen LogP contribution in [-0.2, 0) is 9.53 Å². The van der Waals surface area contributed by atoms with Crippen molar-refractivity contribution in [3.63, 3.8) is 0 Å². The maximum atomic E-state index is 12.2. The van der Waals surface area contributed by atoms with Crippen molar-refractivity contribution in [3.8, 4) is 5.75 Å². The van der Waals surface area contributed by atoms with Gasteiger partial charge in [-0.3, -0.25) is 0 Å². The Labute approximate surface area is 176 Å². The molecule has 0 N–H and O–H groups in total. The number of rotatable bonds is 5. The maximum Gasteiger partial charge on any atom is 0.343 e. The van der Waals surface area contributed by atoms with E-state index in [1.165, 1.54) is 0 Å². The van der Waals surface area contributed by atoms with E-state index in [4.69, 9.17) is 9.47 Å². The topological polar surface area (TPSA) is 35.5 Å². The van der Waals surface area contributed by atoms with E-state index in [-0.39, 0.29) is 5.97 Å². The molecule has 1 aliphatic heterocycles. The molecule has 0 saturated carbocycles. The van der Waals surface area contributed by atoms with Gasteiger partial charge in [0, 0.05) is 10.0 Å². The van der Waals surface area contributed by atoms with Gasteiger partial charge in [-0.15, -0.1) is 0 Å². The molecule has 132 valence electrons. The van der Waals surface area contributed by atoms with Crippen LogP contribution in [0.1, 0.15) is 11.1 Å². The van der Waals surface area contributed by atoms with E-state index in [1.54, 1.807) is 18.2 Å². The van der Waals surface area contributed by atoms with Crippen molar-refractivity contribution in [1.82, 2.24) is 0 Å². The molecule has 0 atom stereocenters. The van der Waals surface area contributed by atoms with Gasteiger partial charge in [0.05, 0.1) is 14.5 Å². The van der Waals surface area contributed by atoms with Gasteiger partial charge in [0.15, 0.2) is 0 Å². The van der Waals surface area contributed by atoms with Crippen LogP contribution in [0.3, 0.4) is 0 Å². The molecular formula is C20H13Br3O3. The van der Waals surface area contributed by atoms with Gasteiger partial charge in [-0.05, 0) is 73.8 Å². The standard InChI is InChI=1S/C20H13Br3O3/c1-2-7-25-19-16(22)9-12(10-17(19)23)8-14-11-18(26-20(14)24)13-3-5-15(21)6-4-13/h2-6,8-11H,1,7H2/b14-8+. The van der Waals surface area contributed by atoms with Gasteiger partial charge in [-0.2, -0.15) is 0 Å². The van der Waals surface area contributed by atoms with Crippen molar-refractivity contribution in [3.05, 3.63) is 85.2 Å². The summed E-state index contributed by atoms with van der Waals surface area (Å²) in [4.78, 5) is 12.2. The summed E-state index contributed by atoms with van der Waals surface area (Å²) in [6.07, 6.45) is 5.20. The van der Waals surface area contributed by atoms with Crippen LogP contribution >= 0.6 is 47.8 Å². The first-order valence-electron chi connectivity index (χ1n) is 7.62. The Morgan fingerprint density at radius 1 is 1.08 bits per heavy atom. The zero-order valence-electron chi connectivity index (χ0n) is 13.5. The third kappa shape index (κ3) is 4.37. The van der Waals surface area contributed by atoms with Gasteiger partial charge < -0.3 is 9.47 Å². The fourth-order valence-corrected chi connectivity index (χ4v) is 4.08. The molecule has 0 fully saturated rings. The highest BCUT2D eigenvalue weighted by atomic mass is 79.9. The van der Waals surface area contributed by atoms with E-state index in [2.05, 4.69) is 54.4 Å². The SMILES string of the molecule is C=CCOc1c(Br)cc(/C=C2\C=C(c3ccc(Br)cc3)OC2=O)cc1Br. The Hall–Kier alpha value is -1.63. The Morgan fingerprint density at radius 3 is 2.35 bits per heavy atom. The molecule has 1 heterocycles. The number of esters is 1. The second-order valence-corrected chi connectivity index (χ2v) is 8.04. The number of carbonyl (C=O) groups excluding carboxylic acids is 1. The molecular weight excluding hydrogens is 528 g/mol. The smallest absolute Gasteiger partial charge is 0.343 e. The Balaban J connectivity index is 1.90. The van der Waals surface area contributed by atoms with Gasteiger partial charge in [0.1, 0.15) is 18.1 Å². The molecule has 1 aliphatic rings. The minimum Gasteiger partial charge on any atom is -0.487 e. The number of benzene rings is 2. The molecule has 6 heteroatoms. The molecule has 0 spiro atoms. The monoisotopic (exact) mass is 538 g/mol. The van der Waals surface area contributed by atoms with E-state index in [9.17, 15) is 4.79 Å². The molecule has 0 amide bonds. The fourth-order valence-electron chi connectivity index (χ4n) is 2.37. The molecule has 2 aromatic rings. The predicted octanol–water partition coefficient (Wildman–Crippen LogP) is 6.52. The Bertz CT molecular complexity index is 905. The minimum atomic E-state index is -0.373. The van der Waals surface area contributed by atoms with E-state index in [0.717, 1.165) is 24.5 Å². The average molecular weight is 541 g/mol. The van der Waals surface area contributed by atoms with Crippen LogP contribution in [0.15, 0.2) is 74.1 Å². The molecule has 3 nitrogen and oxygen atoms in total. The summed E-state index contributed by atoms with van der Waals surface area (Å²) in [5.41, 5.74) is 2.18. The summed E-state index contributed by atoms with van der Waals surface area (Å²) >= 11 is 10.4. The van der Waals surface area contributed by atoms with Crippen molar-refractivity contribution >= 4 is 65.6 Å². The number of halogens is 3. The first-order chi connectivity index (χ1) is 12.5. The first kappa shape index (κ1) is 19.1. The highest BCUT2D eigenvalue weighted by Crippen LogP contribution is 2.36. The van der Waals surface area contributed by atoms with Crippen LogP contribution < -0.4 is 4.74 Å². The highest BCUT2D eigenvalue weighted by molar-refractivity contribution is 9.11. The number of hydrogen-bond acceptors (Lipinski definition) is 3. The van der Waals surface area contributed by atoms with Gasteiger partial charge in [-0.1, -0.05) is 40.7 Å². The first-order valence-corrected chi connectivity index (χ1v) is 10.00. The number of carbonyl (C=O) groups is 1. The fraction of sp³-hybridized carbons (Fsp3) is 0.0500. The molecule has 0 aliphatic carbocycles. The van der Waals surface area contributed by atoms with Crippen molar-refractivity contribution in [2.24, 2.45) is 0 Å². The lowest BCUT2D eigenvalue weighted by atomic mass is 10.1. The van der Waals surface area contributed by atoms with Crippen LogP contribution in [0.4, 0.5) is 0 Å². The predicted molar refractivity (Wildman–Crippen MR) is 114 cm³/mol. The summed E-state index contributed by atoms with van der Waals surface area (Å²) in [5, 5.41) is 0. The molecule has 3 rings (SSSR count). The Kier molecular flexibility index (Phi) is 6.16. The third-order valence-corrected chi connectivity index (χ3v) is 5.25. The summed E-state index contributed by atoms with van der Waals surface area (Å²) < 4.78 is 13.5. The van der Waals surface area contributed by atoms with E-state index in [1.807, 2.05) is 36.4 Å². The largest absolute Gasteiger partial charge is 0.487 e. The van der Waals surface area contributed by atoms with Crippen LogP contribution in [0.25, 0.3) is 11.8 Å². The average Bonchev–Trinajstić information content (AvgIpc) is 2.95. The van der Waals surface area contributed by atoms with Crippen LogP contribution in [-0.4, -0.2) is 12.6 Å². The summed E-state index contributed by atoms with van der Waals surface area (Å²) in [6.45, 7) is 4.05. The molecule has 2 aromatic carbocycles. The lowest BCUT2D eigenvalue weighted by molar-refractivity contribution is -0.130. The molecule has 26 heavy (non-hydrogen) atoms. The summed E-state index contributed by atoms with van der Waals surface area (Å²) in [7, 11) is 0. The number of cyclic esters (lactones) is 1. The zero-order chi connectivity index (χ0) is 18.7. The molecule has 0 saturated heterocycles. The van der Waals surface area contributed by atoms with Crippen LogP contribution in [0.2, 0.25) is 0 Å². The second kappa shape index (κ2) is 8.37. The quantitative estimate of drug-likeness (QED) is 0.246. The van der Waals surface area contributed by atoms with E-state index in [0.29, 0.717) is 23.7 Å². The van der Waals surface area contributed by atoms with Crippen molar-refractivity contribution < 1.29 is 14.3 Å². The van der Waals surface area contributed by atoms with Gasteiger partial charge in [-0.25, -0.2) is 4.79 Å². The van der Waals surface area contributed by atoms with Crippen LogP contribution in [0.5, 0.6) is 5.75 Å². The molecule has 0 aromatic heterocycles.